The molecule has 3 fully saturated rings. The van der Waals surface area contributed by atoms with Gasteiger partial charge in [-0.2, -0.15) is 0 Å². The first-order valence-electron chi connectivity index (χ1n) is 11.4. The number of ether oxygens (including phenoxy) is 1. The van der Waals surface area contributed by atoms with Crippen LogP contribution < -0.4 is 5.32 Å². The van der Waals surface area contributed by atoms with E-state index in [1.54, 1.807) is 14.0 Å². The molecular formula is C24H35N3O5. The zero-order chi connectivity index (χ0) is 23.1. The lowest BCUT2D eigenvalue weighted by Crippen LogP contribution is -2.66. The van der Waals surface area contributed by atoms with Crippen molar-refractivity contribution in [1.82, 2.24) is 15.1 Å². The van der Waals surface area contributed by atoms with Gasteiger partial charge in [-0.25, -0.2) is 0 Å². The number of hydrogen-bond acceptors (Lipinski definition) is 5. The normalized spacial score (nSPS) is 27.9. The Hall–Kier alpha value is -2.45. The summed E-state index contributed by atoms with van der Waals surface area (Å²) in [5.41, 5.74) is 0.907. The van der Waals surface area contributed by atoms with Crippen LogP contribution in [0, 0.1) is 11.8 Å². The summed E-state index contributed by atoms with van der Waals surface area (Å²) < 4.78 is 5.63. The molecule has 3 saturated heterocycles. The van der Waals surface area contributed by atoms with Gasteiger partial charge in [0.15, 0.2) is 6.10 Å². The molecule has 32 heavy (non-hydrogen) atoms. The molecule has 0 saturated carbocycles. The van der Waals surface area contributed by atoms with Crippen molar-refractivity contribution in [2.75, 3.05) is 33.3 Å². The number of piperidine rings is 3. The molecule has 1 aromatic rings. The summed E-state index contributed by atoms with van der Waals surface area (Å²) in [5.74, 6) is 0.996. The van der Waals surface area contributed by atoms with E-state index in [0.717, 1.165) is 31.6 Å². The molecule has 3 heterocycles. The lowest BCUT2D eigenvalue weighted by atomic mass is 9.72. The zero-order valence-corrected chi connectivity index (χ0v) is 19.0. The second-order valence-electron chi connectivity index (χ2n) is 8.94. The Kier molecular flexibility index (Phi) is 8.64. The van der Waals surface area contributed by atoms with Gasteiger partial charge in [0, 0.05) is 45.8 Å². The molecule has 8 heteroatoms. The first-order valence-corrected chi connectivity index (χ1v) is 11.4. The number of amides is 2. The van der Waals surface area contributed by atoms with E-state index in [4.69, 9.17) is 14.6 Å². The van der Waals surface area contributed by atoms with Gasteiger partial charge in [0.25, 0.3) is 12.4 Å². The average molecular weight is 446 g/mol. The van der Waals surface area contributed by atoms with Crippen LogP contribution in [0.5, 0.6) is 0 Å². The Morgan fingerprint density at radius 2 is 1.91 bits per heavy atom. The molecule has 0 radical (unpaired) electrons. The van der Waals surface area contributed by atoms with Crippen molar-refractivity contribution >= 4 is 18.3 Å². The quantitative estimate of drug-likeness (QED) is 0.672. The molecule has 3 aliphatic heterocycles. The zero-order valence-electron chi connectivity index (χ0n) is 19.0. The number of rotatable bonds is 5. The highest BCUT2D eigenvalue weighted by Crippen LogP contribution is 2.41. The average Bonchev–Trinajstić information content (AvgIpc) is 2.80. The van der Waals surface area contributed by atoms with E-state index in [2.05, 4.69) is 10.2 Å². The van der Waals surface area contributed by atoms with Crippen LogP contribution in [0.3, 0.4) is 0 Å². The van der Waals surface area contributed by atoms with E-state index in [0.29, 0.717) is 30.5 Å². The predicted octanol–water partition coefficient (Wildman–Crippen LogP) is 1.91. The lowest BCUT2D eigenvalue weighted by Gasteiger charge is -2.57. The number of likely N-dealkylation sites (tertiary alicyclic amines) is 1. The Bertz CT molecular complexity index is 774. The number of carboxylic acid groups (broad SMARTS) is 1. The van der Waals surface area contributed by atoms with E-state index in [1.807, 2.05) is 35.2 Å². The highest BCUT2D eigenvalue weighted by atomic mass is 16.5. The highest BCUT2D eigenvalue weighted by Gasteiger charge is 2.48. The van der Waals surface area contributed by atoms with E-state index in [9.17, 15) is 9.59 Å². The number of hydrogen-bond donors (Lipinski definition) is 2. The van der Waals surface area contributed by atoms with Gasteiger partial charge in [0.05, 0.1) is 0 Å². The first-order chi connectivity index (χ1) is 15.5. The van der Waals surface area contributed by atoms with E-state index in [-0.39, 0.29) is 18.3 Å². The fourth-order valence-electron chi connectivity index (χ4n) is 5.79. The van der Waals surface area contributed by atoms with Gasteiger partial charge < -0.3 is 20.1 Å². The summed E-state index contributed by atoms with van der Waals surface area (Å²) in [4.78, 5) is 38.0. The van der Waals surface area contributed by atoms with Gasteiger partial charge in [-0.15, -0.1) is 0 Å². The number of carbonyl (C=O) groups excluding carboxylic acids is 2. The van der Waals surface area contributed by atoms with Crippen LogP contribution in [0.25, 0.3) is 0 Å². The summed E-state index contributed by atoms with van der Waals surface area (Å²) >= 11 is 0. The van der Waals surface area contributed by atoms with Crippen molar-refractivity contribution in [1.29, 1.82) is 0 Å². The molecule has 176 valence electrons. The molecular weight excluding hydrogens is 410 g/mol. The summed E-state index contributed by atoms with van der Waals surface area (Å²) in [7, 11) is 1.61. The van der Waals surface area contributed by atoms with Crippen molar-refractivity contribution in [3.05, 3.63) is 35.9 Å². The maximum absolute atomic E-state index is 13.4. The van der Waals surface area contributed by atoms with Crippen molar-refractivity contribution < 1.29 is 24.2 Å². The van der Waals surface area contributed by atoms with Gasteiger partial charge in [-0.1, -0.05) is 36.8 Å². The van der Waals surface area contributed by atoms with Crippen LogP contribution in [-0.4, -0.2) is 78.6 Å². The summed E-state index contributed by atoms with van der Waals surface area (Å²) in [6, 6.07) is 10.6. The van der Waals surface area contributed by atoms with Gasteiger partial charge >= 0.3 is 0 Å². The second kappa shape index (κ2) is 11.4. The number of nitrogens with zero attached hydrogens (tertiary/aromatic N) is 2. The summed E-state index contributed by atoms with van der Waals surface area (Å²) in [6.07, 6.45) is 4.29. The molecule has 0 aromatic heterocycles. The Morgan fingerprint density at radius 1 is 1.22 bits per heavy atom. The van der Waals surface area contributed by atoms with E-state index in [1.165, 1.54) is 19.3 Å². The molecule has 0 spiro atoms. The third kappa shape index (κ3) is 5.48. The first kappa shape index (κ1) is 24.2. The molecule has 3 aliphatic rings. The highest BCUT2D eigenvalue weighted by molar-refractivity contribution is 5.82. The summed E-state index contributed by atoms with van der Waals surface area (Å²) in [5, 5.41) is 9.94. The third-order valence-corrected chi connectivity index (χ3v) is 7.06. The van der Waals surface area contributed by atoms with E-state index >= 15 is 0 Å². The fraction of sp³-hybridized carbons (Fsp3) is 0.625. The minimum absolute atomic E-state index is 0.0212. The Balaban J connectivity index is 0.000000913. The lowest BCUT2D eigenvalue weighted by molar-refractivity contribution is -0.151. The van der Waals surface area contributed by atoms with Crippen molar-refractivity contribution in [3.63, 3.8) is 0 Å². The standard InChI is InChI=1S/C23H33N3O3.CH2O2/c1-16(27)24-13-21-19-12-18(20-10-6-7-11-26(20)21)14-25(15-19)23(28)22(29-2)17-8-4-3-5-9-17;2-1-3/h3-5,8-9,18-22H,6-7,10-15H2,1-2H3,(H,24,27);1H,(H,2,3)/t18-,19+,20+,21+,22-;/m1./s1. The van der Waals surface area contributed by atoms with Crippen LogP contribution >= 0.6 is 0 Å². The fourth-order valence-corrected chi connectivity index (χ4v) is 5.79. The summed E-state index contributed by atoms with van der Waals surface area (Å²) in [6.45, 7) is 4.68. The number of methoxy groups -OCH3 is 1. The Labute approximate surface area is 189 Å². The van der Waals surface area contributed by atoms with Crippen molar-refractivity contribution in [3.8, 4) is 0 Å². The molecule has 2 bridgehead atoms. The maximum Gasteiger partial charge on any atom is 0.290 e. The molecule has 0 unspecified atom stereocenters. The third-order valence-electron chi connectivity index (χ3n) is 7.06. The van der Waals surface area contributed by atoms with Crippen molar-refractivity contribution in [2.45, 2.75) is 50.8 Å². The Morgan fingerprint density at radius 3 is 2.56 bits per heavy atom. The number of fused-ring (bicyclic) bond motifs is 4. The number of carbonyl (C=O) groups is 3. The minimum Gasteiger partial charge on any atom is -0.483 e. The minimum atomic E-state index is -0.550. The largest absolute Gasteiger partial charge is 0.483 e. The van der Waals surface area contributed by atoms with Crippen LogP contribution in [0.15, 0.2) is 30.3 Å². The van der Waals surface area contributed by atoms with Crippen molar-refractivity contribution in [2.24, 2.45) is 11.8 Å². The van der Waals surface area contributed by atoms with Gasteiger partial charge in [0.1, 0.15) is 0 Å². The van der Waals surface area contributed by atoms with Crippen LogP contribution in [-0.2, 0) is 19.1 Å². The van der Waals surface area contributed by atoms with Gasteiger partial charge in [0.2, 0.25) is 5.91 Å². The molecule has 0 aliphatic carbocycles. The van der Waals surface area contributed by atoms with Crippen LogP contribution in [0.4, 0.5) is 0 Å². The predicted molar refractivity (Wildman–Crippen MR) is 120 cm³/mol. The van der Waals surface area contributed by atoms with Gasteiger partial charge in [-0.05, 0) is 43.2 Å². The molecule has 5 atom stereocenters. The molecule has 8 nitrogen and oxygen atoms in total. The topological polar surface area (TPSA) is 99.2 Å². The van der Waals surface area contributed by atoms with E-state index < -0.39 is 6.10 Å². The molecule has 1 aromatic carbocycles. The number of benzene rings is 1. The monoisotopic (exact) mass is 445 g/mol. The smallest absolute Gasteiger partial charge is 0.290 e. The molecule has 2 amide bonds. The second-order valence-corrected chi connectivity index (χ2v) is 8.94. The van der Waals surface area contributed by atoms with Crippen LogP contribution in [0.2, 0.25) is 0 Å². The molecule has 2 N–H and O–H groups in total. The number of nitrogens with one attached hydrogen (secondary N) is 1. The SMILES string of the molecule is CO[C@@H](C(=O)N1C[C@H]2C[C@@H](C1)[C@H](CNC(C)=O)N1CCCC[C@@H]21)c1ccccc1.O=CO. The van der Waals surface area contributed by atoms with Crippen LogP contribution in [0.1, 0.15) is 44.3 Å². The molecule has 4 rings (SSSR count). The maximum atomic E-state index is 13.4. The van der Waals surface area contributed by atoms with Gasteiger partial charge in [-0.3, -0.25) is 19.3 Å².